The van der Waals surface area contributed by atoms with Gasteiger partial charge in [0.1, 0.15) is 0 Å². The van der Waals surface area contributed by atoms with Crippen LogP contribution in [0.2, 0.25) is 0 Å². The normalized spacial score (nSPS) is 0.600. The summed E-state index contributed by atoms with van der Waals surface area (Å²) in [6.45, 7) is 13.5. The third-order valence-corrected chi connectivity index (χ3v) is 0. The van der Waals surface area contributed by atoms with Gasteiger partial charge >= 0.3 is 33.9 Å². The van der Waals surface area contributed by atoms with Crippen molar-refractivity contribution in [1.29, 1.82) is 0 Å². The first kappa shape index (κ1) is 98.2. The minimum Gasteiger partial charge on any atom is 0 e. The van der Waals surface area contributed by atoms with E-state index in [0.717, 1.165) is 0 Å². The van der Waals surface area contributed by atoms with Crippen molar-refractivity contribution in [1.82, 2.24) is 0 Å². The van der Waals surface area contributed by atoms with Gasteiger partial charge in [0.15, 0.2) is 0 Å². The van der Waals surface area contributed by atoms with E-state index in [2.05, 4.69) is 20.0 Å². The van der Waals surface area contributed by atoms with E-state index in [1.54, 1.807) is 0 Å². The topological polar surface area (TPSA) is 154 Å². The molecule has 0 bridgehead atoms. The van der Waals surface area contributed by atoms with Gasteiger partial charge in [-0.05, 0) is 0 Å². The molecule has 7 heteroatoms. The molecule has 1 radical (unpaired) electrons. The Morgan fingerprint density at radius 2 is 0.500 bits per heavy atom. The van der Waals surface area contributed by atoms with Crippen molar-refractivity contribution < 1.29 is 50.8 Å². The third-order valence-electron chi connectivity index (χ3n) is 0. The largest absolute Gasteiger partial charge is 0 e. The summed E-state index contributed by atoms with van der Waals surface area (Å²) in [5, 5.41) is 0. The van der Waals surface area contributed by atoms with Gasteiger partial charge in [0, 0.05) is 20.4 Å². The molecule has 0 heterocycles. The monoisotopic (exact) mass is 325 g/mol. The third kappa shape index (κ3) is 6280. The minimum atomic E-state index is 0. The molecule has 0 aromatic carbocycles. The van der Waals surface area contributed by atoms with Crippen molar-refractivity contribution >= 4 is 0 Å². The van der Waals surface area contributed by atoms with E-state index in [-0.39, 0.29) is 36.9 Å². The molecule has 0 fully saturated rings. The van der Waals surface area contributed by atoms with Crippen molar-refractivity contribution in [2.45, 2.75) is 0 Å². The molecule has 0 atom stereocenters. The molecule has 0 saturated heterocycles. The molecular weight excluding hydrogens is 318 g/mol. The molecule has 0 saturated carbocycles. The predicted octanol–water partition coefficient (Wildman–Crippen LogP) is -2.59. The molecule has 0 rings (SSSR count). The Morgan fingerprint density at radius 1 is 0.500 bits per heavy atom. The van der Waals surface area contributed by atoms with E-state index >= 15 is 0 Å². The van der Waals surface area contributed by atoms with E-state index in [1.807, 2.05) is 0 Å². The van der Waals surface area contributed by atoms with Crippen LogP contribution in [0.3, 0.4) is 0 Å². The van der Waals surface area contributed by atoms with Crippen LogP contribution in [0.25, 0.3) is 0 Å². The second-order valence-electron chi connectivity index (χ2n) is 0. The summed E-state index contributed by atoms with van der Waals surface area (Å²) in [6.07, 6.45) is 0. The van der Waals surface area contributed by atoms with E-state index in [0.29, 0.717) is 0 Å². The van der Waals surface area contributed by atoms with Crippen LogP contribution < -0.4 is 0 Å². The molecule has 0 unspecified atom stereocenters. The van der Waals surface area contributed by atoms with Crippen LogP contribution in [0.1, 0.15) is 0 Å². The summed E-state index contributed by atoms with van der Waals surface area (Å²) >= 11 is 0. The zero-order valence-corrected chi connectivity index (χ0v) is 7.32. The Bertz CT molecular complexity index is 41.5. The van der Waals surface area contributed by atoms with Crippen LogP contribution in [-0.4, -0.2) is 16.4 Å². The number of hydrogen-bond donors (Lipinski definition) is 0. The molecule has 0 aliphatic rings. The maximum Gasteiger partial charge on any atom is 0 e. The van der Waals surface area contributed by atoms with Crippen molar-refractivity contribution in [3.8, 4) is 0 Å². The maximum atomic E-state index is 7.50. The van der Waals surface area contributed by atoms with Crippen LogP contribution in [-0.2, 0) is 34.4 Å². The molecular formula is C3H6O6Re. The zero-order chi connectivity index (χ0) is 6.00. The van der Waals surface area contributed by atoms with Gasteiger partial charge in [0.2, 0.25) is 0 Å². The molecule has 0 spiro atoms. The second-order valence-corrected chi connectivity index (χ2v) is 0. The van der Waals surface area contributed by atoms with Crippen LogP contribution in [0, 0.1) is 20.0 Å². The van der Waals surface area contributed by atoms with Gasteiger partial charge in [0.05, 0.1) is 0 Å². The average Bonchev–Trinajstić information content (AvgIpc) is 1.81. The smallest absolute Gasteiger partial charge is 0 e. The summed E-state index contributed by atoms with van der Waals surface area (Å²) in [4.78, 5) is 0. The zero-order valence-electron chi connectivity index (χ0n) is 4.60. The fourth-order valence-electron chi connectivity index (χ4n) is 0. The van der Waals surface area contributed by atoms with Crippen LogP contribution in [0.4, 0.5) is 0 Å². The fourth-order valence-corrected chi connectivity index (χ4v) is 0. The summed E-state index contributed by atoms with van der Waals surface area (Å²) in [5.74, 6) is 0. The molecule has 10 heavy (non-hydrogen) atoms. The van der Waals surface area contributed by atoms with Gasteiger partial charge in [-0.3, -0.25) is 0 Å². The summed E-state index contributed by atoms with van der Waals surface area (Å²) < 4.78 is 22.5. The van der Waals surface area contributed by atoms with Gasteiger partial charge in [-0.15, -0.1) is 0 Å². The molecule has 6 N–H and O–H groups in total. The number of rotatable bonds is 0. The first-order valence-corrected chi connectivity index (χ1v) is 0.612. The van der Waals surface area contributed by atoms with E-state index in [4.69, 9.17) is 14.0 Å². The van der Waals surface area contributed by atoms with Gasteiger partial charge in [-0.2, -0.15) is 0 Å². The van der Waals surface area contributed by atoms with E-state index in [1.165, 1.54) is 0 Å². The van der Waals surface area contributed by atoms with Crippen molar-refractivity contribution in [2.24, 2.45) is 0 Å². The maximum absolute atomic E-state index is 7.50. The standard InChI is InChI=1S/3CO.3H2O.Re/c3*1-2;;;;/h;;;3*1H2;. The first-order valence-electron chi connectivity index (χ1n) is 0.612. The van der Waals surface area contributed by atoms with Crippen LogP contribution >= 0.6 is 0 Å². The Balaban J connectivity index is -0.00000000225. The van der Waals surface area contributed by atoms with E-state index < -0.39 is 0 Å². The predicted molar refractivity (Wildman–Crippen MR) is 22.6 cm³/mol. The van der Waals surface area contributed by atoms with Gasteiger partial charge in [-0.25, -0.2) is 0 Å². The second kappa shape index (κ2) is 9350. The van der Waals surface area contributed by atoms with Crippen LogP contribution in [0.5, 0.6) is 0 Å². The number of hydrogen-bond acceptors (Lipinski definition) is 0. The van der Waals surface area contributed by atoms with Gasteiger partial charge < -0.3 is 16.4 Å². The quantitative estimate of drug-likeness (QED) is 0.339. The van der Waals surface area contributed by atoms with Crippen molar-refractivity contribution in [3.63, 3.8) is 0 Å². The van der Waals surface area contributed by atoms with Gasteiger partial charge in [0.25, 0.3) is 0 Å². The molecule has 0 aliphatic heterocycles. The molecule has 0 amide bonds. The Labute approximate surface area is 71.3 Å². The molecule has 0 aliphatic carbocycles. The van der Waals surface area contributed by atoms with Crippen molar-refractivity contribution in [2.75, 3.05) is 0 Å². The van der Waals surface area contributed by atoms with Crippen LogP contribution in [0.15, 0.2) is 0 Å². The average molecular weight is 324 g/mol. The Kier molecular flexibility index (Phi) is 91800. The van der Waals surface area contributed by atoms with Crippen molar-refractivity contribution in [3.05, 3.63) is 20.0 Å². The SMILES string of the molecule is O.O.O.[C-]#[O+].[C-]#[O+].[C-]#[O+].[Re]. The first-order chi connectivity index (χ1) is 3.00. The molecule has 6 nitrogen and oxygen atoms in total. The summed E-state index contributed by atoms with van der Waals surface area (Å²) in [5.41, 5.74) is 0. The Morgan fingerprint density at radius 3 is 0.500 bits per heavy atom. The minimum absolute atomic E-state index is 0. The summed E-state index contributed by atoms with van der Waals surface area (Å²) in [7, 11) is 0. The molecule has 0 aromatic heterocycles. The summed E-state index contributed by atoms with van der Waals surface area (Å²) in [6, 6.07) is 0. The Hall–Kier alpha value is -0.238. The molecule has 0 aromatic rings. The van der Waals surface area contributed by atoms with Gasteiger partial charge in [-0.1, -0.05) is 0 Å². The van der Waals surface area contributed by atoms with E-state index in [9.17, 15) is 0 Å². The molecule has 61 valence electrons. The fraction of sp³-hybridized carbons (Fsp3) is 0.